The van der Waals surface area contributed by atoms with Crippen molar-refractivity contribution in [3.63, 3.8) is 0 Å². The van der Waals surface area contributed by atoms with Crippen LogP contribution in [0.5, 0.6) is 0 Å². The van der Waals surface area contributed by atoms with Crippen molar-refractivity contribution in [2.45, 2.75) is 29.5 Å². The minimum atomic E-state index is -4.20. The van der Waals surface area contributed by atoms with Gasteiger partial charge in [0.05, 0.1) is 11.3 Å². The molecule has 10 heteroatoms. The fraction of sp³-hybridized carbons (Fsp3) is 0.500. The van der Waals surface area contributed by atoms with Crippen LogP contribution in [0, 0.1) is 5.82 Å². The zero-order valence-corrected chi connectivity index (χ0v) is 14.9. The largest absolute Gasteiger partial charge is 0.340 e. The number of benzene rings is 1. The first-order chi connectivity index (χ1) is 11.0. The fourth-order valence-corrected chi connectivity index (χ4v) is 4.82. The number of rotatable bonds is 5. The molecule has 2 rings (SSSR count). The van der Waals surface area contributed by atoms with Crippen LogP contribution in [0.4, 0.5) is 4.39 Å². The summed E-state index contributed by atoms with van der Waals surface area (Å²) in [5.74, 6) is -1.45. The van der Waals surface area contributed by atoms with Crippen LogP contribution in [0.2, 0.25) is 0 Å². The van der Waals surface area contributed by atoms with Crippen LogP contribution < -0.4 is 4.72 Å². The minimum absolute atomic E-state index is 0.0312. The van der Waals surface area contributed by atoms with Gasteiger partial charge in [-0.1, -0.05) is 12.1 Å². The van der Waals surface area contributed by atoms with E-state index in [0.717, 1.165) is 18.4 Å². The Morgan fingerprint density at radius 3 is 2.46 bits per heavy atom. The van der Waals surface area contributed by atoms with Crippen LogP contribution in [-0.4, -0.2) is 58.3 Å². The average Bonchev–Trinajstić information content (AvgIpc) is 2.96. The number of hydrogen-bond donors (Lipinski definition) is 1. The van der Waals surface area contributed by atoms with E-state index in [-0.39, 0.29) is 13.1 Å². The molecule has 134 valence electrons. The number of nitrogens with one attached hydrogen (secondary N) is 1. The summed E-state index contributed by atoms with van der Waals surface area (Å²) in [6.45, 7) is 1.61. The van der Waals surface area contributed by atoms with Gasteiger partial charge in [-0.15, -0.1) is 0 Å². The molecule has 1 aromatic rings. The topological polar surface area (TPSA) is 101 Å². The van der Waals surface area contributed by atoms with Crippen molar-refractivity contribution in [1.29, 1.82) is 0 Å². The van der Waals surface area contributed by atoms with Gasteiger partial charge >= 0.3 is 0 Å². The molecule has 1 saturated heterocycles. The van der Waals surface area contributed by atoms with E-state index in [1.165, 1.54) is 24.0 Å². The van der Waals surface area contributed by atoms with Crippen molar-refractivity contribution < 1.29 is 26.0 Å². The molecular weight excluding hydrogens is 359 g/mol. The van der Waals surface area contributed by atoms with Gasteiger partial charge in [0.15, 0.2) is 9.84 Å². The molecule has 0 aromatic heterocycles. The number of carbonyl (C=O) groups excluding carboxylic acids is 1. The summed E-state index contributed by atoms with van der Waals surface area (Å²) in [4.78, 5) is 13.1. The Labute approximate surface area is 140 Å². The summed E-state index contributed by atoms with van der Waals surface area (Å²) in [5.41, 5.74) is 0. The highest BCUT2D eigenvalue weighted by molar-refractivity contribution is 7.91. The fourth-order valence-electron chi connectivity index (χ4n) is 2.56. The smallest absolute Gasteiger partial charge is 0.244 e. The Balaban J connectivity index is 2.09. The summed E-state index contributed by atoms with van der Waals surface area (Å²) in [6.07, 6.45) is 1.42. The molecular formula is C14H19FN2O5S2. The van der Waals surface area contributed by atoms with Gasteiger partial charge in [-0.25, -0.2) is 21.2 Å². The highest BCUT2D eigenvalue weighted by Gasteiger charge is 2.35. The normalized spacial score (nSPS) is 20.1. The van der Waals surface area contributed by atoms with Gasteiger partial charge in [0.1, 0.15) is 10.7 Å². The SMILES string of the molecule is CC(NS(=O)(=O)c1ccccc1F)C(=O)N1CCC(S(C)(=O)=O)C1. The first-order valence-corrected chi connectivity index (χ1v) is 10.7. The van der Waals surface area contributed by atoms with Crippen molar-refractivity contribution in [3.05, 3.63) is 30.1 Å². The van der Waals surface area contributed by atoms with Gasteiger partial charge in [0.2, 0.25) is 15.9 Å². The van der Waals surface area contributed by atoms with Crippen LogP contribution >= 0.6 is 0 Å². The monoisotopic (exact) mass is 378 g/mol. The van der Waals surface area contributed by atoms with Gasteiger partial charge in [-0.05, 0) is 25.5 Å². The molecule has 7 nitrogen and oxygen atoms in total. The molecule has 2 unspecified atom stereocenters. The Morgan fingerprint density at radius 1 is 1.29 bits per heavy atom. The maximum absolute atomic E-state index is 13.6. The number of sulfone groups is 1. The van der Waals surface area contributed by atoms with E-state index < -0.39 is 47.8 Å². The first kappa shape index (κ1) is 18.8. The lowest BCUT2D eigenvalue weighted by molar-refractivity contribution is -0.131. The lowest BCUT2D eigenvalue weighted by Crippen LogP contribution is -2.46. The van der Waals surface area contributed by atoms with Crippen LogP contribution in [0.1, 0.15) is 13.3 Å². The van der Waals surface area contributed by atoms with Crippen molar-refractivity contribution in [1.82, 2.24) is 9.62 Å². The third-order valence-electron chi connectivity index (χ3n) is 3.89. The quantitative estimate of drug-likeness (QED) is 0.785. The van der Waals surface area contributed by atoms with Crippen LogP contribution in [0.25, 0.3) is 0 Å². The maximum atomic E-state index is 13.6. The van der Waals surface area contributed by atoms with E-state index in [1.54, 1.807) is 0 Å². The summed E-state index contributed by atoms with van der Waals surface area (Å²) in [7, 11) is -7.46. The number of hydrogen-bond acceptors (Lipinski definition) is 5. The second kappa shape index (κ2) is 6.77. The van der Waals surface area contributed by atoms with E-state index in [4.69, 9.17) is 0 Å². The standard InChI is InChI=1S/C14H19FN2O5S2/c1-10(14(18)17-8-7-11(9-17)23(2,19)20)16-24(21,22)13-6-4-3-5-12(13)15/h3-6,10-11,16H,7-9H2,1-2H3. The maximum Gasteiger partial charge on any atom is 0.244 e. The summed E-state index contributed by atoms with van der Waals surface area (Å²) >= 11 is 0. The molecule has 0 radical (unpaired) electrons. The Morgan fingerprint density at radius 2 is 1.92 bits per heavy atom. The Kier molecular flexibility index (Phi) is 5.31. The third-order valence-corrected chi connectivity index (χ3v) is 7.06. The third kappa shape index (κ3) is 4.11. The highest BCUT2D eigenvalue weighted by atomic mass is 32.2. The molecule has 0 aliphatic carbocycles. The highest BCUT2D eigenvalue weighted by Crippen LogP contribution is 2.18. The molecule has 1 heterocycles. The van der Waals surface area contributed by atoms with E-state index in [2.05, 4.69) is 4.72 Å². The predicted molar refractivity (Wildman–Crippen MR) is 86.0 cm³/mol. The molecule has 2 atom stereocenters. The molecule has 1 aliphatic rings. The predicted octanol–water partition coefficient (Wildman–Crippen LogP) is 0.138. The minimum Gasteiger partial charge on any atom is -0.340 e. The van der Waals surface area contributed by atoms with Crippen molar-refractivity contribution in [2.24, 2.45) is 0 Å². The first-order valence-electron chi connectivity index (χ1n) is 7.27. The number of likely N-dealkylation sites (tertiary alicyclic amines) is 1. The van der Waals surface area contributed by atoms with Crippen molar-refractivity contribution in [3.8, 4) is 0 Å². The lowest BCUT2D eigenvalue weighted by atomic mass is 10.3. The van der Waals surface area contributed by atoms with Crippen molar-refractivity contribution in [2.75, 3.05) is 19.3 Å². The Bertz CT molecular complexity index is 838. The van der Waals surface area contributed by atoms with E-state index >= 15 is 0 Å². The van der Waals surface area contributed by atoms with E-state index in [9.17, 15) is 26.0 Å². The average molecular weight is 378 g/mol. The molecule has 24 heavy (non-hydrogen) atoms. The number of nitrogens with zero attached hydrogens (tertiary/aromatic N) is 1. The zero-order valence-electron chi connectivity index (χ0n) is 13.3. The molecule has 1 amide bonds. The molecule has 1 aliphatic heterocycles. The van der Waals surface area contributed by atoms with Crippen LogP contribution in [0.3, 0.4) is 0 Å². The number of amides is 1. The van der Waals surface area contributed by atoms with E-state index in [0.29, 0.717) is 6.42 Å². The molecule has 0 spiro atoms. The summed E-state index contributed by atoms with van der Waals surface area (Å²) in [6, 6.07) is 3.72. The second-order valence-corrected chi connectivity index (χ2v) is 9.81. The number of sulfonamides is 1. The molecule has 1 N–H and O–H groups in total. The molecule has 0 saturated carbocycles. The molecule has 0 bridgehead atoms. The molecule has 1 fully saturated rings. The summed E-state index contributed by atoms with van der Waals surface area (Å²) < 4.78 is 63.2. The van der Waals surface area contributed by atoms with Gasteiger partial charge in [-0.2, -0.15) is 4.72 Å². The van der Waals surface area contributed by atoms with Gasteiger partial charge < -0.3 is 4.90 Å². The number of carbonyl (C=O) groups is 1. The van der Waals surface area contributed by atoms with Gasteiger partial charge in [0, 0.05) is 19.3 Å². The Hall–Kier alpha value is -1.52. The van der Waals surface area contributed by atoms with E-state index in [1.807, 2.05) is 0 Å². The zero-order chi connectivity index (χ0) is 18.1. The van der Waals surface area contributed by atoms with Crippen LogP contribution in [-0.2, 0) is 24.7 Å². The van der Waals surface area contributed by atoms with Gasteiger partial charge in [-0.3, -0.25) is 4.79 Å². The number of halogens is 1. The van der Waals surface area contributed by atoms with Crippen molar-refractivity contribution >= 4 is 25.8 Å². The lowest BCUT2D eigenvalue weighted by Gasteiger charge is -2.21. The van der Waals surface area contributed by atoms with Crippen LogP contribution in [0.15, 0.2) is 29.2 Å². The molecule has 1 aromatic carbocycles. The summed E-state index contributed by atoms with van der Waals surface area (Å²) in [5, 5.41) is -0.642. The second-order valence-electron chi connectivity index (χ2n) is 5.80. The van der Waals surface area contributed by atoms with Gasteiger partial charge in [0.25, 0.3) is 0 Å².